The zero-order chi connectivity index (χ0) is 20.6. The monoisotopic (exact) mass is 409 g/mol. The number of aromatic amines is 1. The van der Waals surface area contributed by atoms with E-state index in [1.165, 1.54) is 12.1 Å². The van der Waals surface area contributed by atoms with E-state index < -0.39 is 0 Å². The number of H-pyrrole nitrogens is 1. The van der Waals surface area contributed by atoms with E-state index in [2.05, 4.69) is 10.2 Å². The summed E-state index contributed by atoms with van der Waals surface area (Å²) in [7, 11) is 0. The van der Waals surface area contributed by atoms with Crippen molar-refractivity contribution < 1.29 is 18.7 Å². The van der Waals surface area contributed by atoms with Gasteiger partial charge >= 0.3 is 0 Å². The number of benzene rings is 2. The highest BCUT2D eigenvalue weighted by Crippen LogP contribution is 2.39. The minimum absolute atomic E-state index is 0.0523. The molecule has 6 nitrogen and oxygen atoms in total. The van der Waals surface area contributed by atoms with Crippen LogP contribution in [0.25, 0.3) is 10.9 Å². The van der Waals surface area contributed by atoms with Crippen LogP contribution in [0.15, 0.2) is 48.5 Å². The number of nitrogens with one attached hydrogen (secondary N) is 1. The Labute approximate surface area is 174 Å². The SMILES string of the molecule is O=C(c1n[nH]c2ccccc12)N1CC2(CC(CCOCc3cccc(F)c3)CO2)C1. The largest absolute Gasteiger partial charge is 0.377 e. The molecule has 1 aromatic heterocycles. The molecule has 0 aliphatic carbocycles. The second-order valence-corrected chi connectivity index (χ2v) is 8.31. The molecule has 2 aliphatic rings. The molecule has 2 saturated heterocycles. The van der Waals surface area contributed by atoms with Crippen LogP contribution in [0.1, 0.15) is 28.9 Å². The minimum Gasteiger partial charge on any atom is -0.377 e. The Balaban J connectivity index is 1.09. The average molecular weight is 409 g/mol. The van der Waals surface area contributed by atoms with Crippen LogP contribution >= 0.6 is 0 Å². The maximum atomic E-state index is 13.2. The van der Waals surface area contributed by atoms with E-state index in [-0.39, 0.29) is 17.3 Å². The first-order valence-corrected chi connectivity index (χ1v) is 10.3. The minimum atomic E-state index is -0.242. The molecule has 2 aliphatic heterocycles. The van der Waals surface area contributed by atoms with Gasteiger partial charge in [-0.05, 0) is 42.5 Å². The van der Waals surface area contributed by atoms with Gasteiger partial charge in [0.25, 0.3) is 5.91 Å². The normalized spacial score (nSPS) is 20.0. The van der Waals surface area contributed by atoms with Crippen LogP contribution in [0.2, 0.25) is 0 Å². The lowest BCUT2D eigenvalue weighted by molar-refractivity contribution is -0.0951. The Kier molecular flexibility index (Phi) is 5.00. The molecule has 1 N–H and O–H groups in total. The van der Waals surface area contributed by atoms with Gasteiger partial charge in [-0.25, -0.2) is 4.39 Å². The maximum Gasteiger partial charge on any atom is 0.275 e. The van der Waals surface area contributed by atoms with E-state index in [4.69, 9.17) is 9.47 Å². The fourth-order valence-electron chi connectivity index (χ4n) is 4.48. The lowest BCUT2D eigenvalue weighted by Gasteiger charge is -2.46. The standard InChI is InChI=1S/C23H24FN3O3/c24-18-5-3-4-16(10-18)12-29-9-8-17-11-23(30-13-17)14-27(15-23)22(28)21-19-6-1-2-7-20(19)25-26-21/h1-7,10,17H,8-9,11-15H2,(H,25,26). The topological polar surface area (TPSA) is 67.5 Å². The van der Waals surface area contributed by atoms with Crippen molar-refractivity contribution in [2.75, 3.05) is 26.3 Å². The Morgan fingerprint density at radius 1 is 1.27 bits per heavy atom. The van der Waals surface area contributed by atoms with Crippen LogP contribution in [0.3, 0.4) is 0 Å². The van der Waals surface area contributed by atoms with Crippen molar-refractivity contribution in [3.05, 3.63) is 65.6 Å². The second kappa shape index (κ2) is 7.81. The lowest BCUT2D eigenvalue weighted by atomic mass is 9.86. The molecule has 1 amide bonds. The second-order valence-electron chi connectivity index (χ2n) is 8.31. The number of ether oxygens (including phenoxy) is 2. The summed E-state index contributed by atoms with van der Waals surface area (Å²) in [6.45, 7) is 2.93. The van der Waals surface area contributed by atoms with Crippen molar-refractivity contribution in [1.82, 2.24) is 15.1 Å². The van der Waals surface area contributed by atoms with Gasteiger partial charge in [-0.3, -0.25) is 9.89 Å². The fourth-order valence-corrected chi connectivity index (χ4v) is 4.48. The van der Waals surface area contributed by atoms with Gasteiger partial charge < -0.3 is 14.4 Å². The number of nitrogens with zero attached hydrogens (tertiary/aromatic N) is 2. The van der Waals surface area contributed by atoms with Crippen molar-refractivity contribution >= 4 is 16.8 Å². The molecule has 1 unspecified atom stereocenters. The molecule has 1 spiro atoms. The molecule has 0 bridgehead atoms. The Hall–Kier alpha value is -2.77. The van der Waals surface area contributed by atoms with Crippen molar-refractivity contribution in [2.45, 2.75) is 25.0 Å². The van der Waals surface area contributed by atoms with Crippen molar-refractivity contribution in [3.8, 4) is 0 Å². The van der Waals surface area contributed by atoms with Gasteiger partial charge in [0, 0.05) is 12.0 Å². The van der Waals surface area contributed by atoms with Crippen LogP contribution < -0.4 is 0 Å². The van der Waals surface area contributed by atoms with E-state index in [1.807, 2.05) is 35.2 Å². The third kappa shape index (κ3) is 3.70. The van der Waals surface area contributed by atoms with Gasteiger partial charge in [0.05, 0.1) is 31.8 Å². The van der Waals surface area contributed by atoms with Crippen LogP contribution in [0.5, 0.6) is 0 Å². The van der Waals surface area contributed by atoms with Gasteiger partial charge in [-0.15, -0.1) is 0 Å². The van der Waals surface area contributed by atoms with E-state index in [0.29, 0.717) is 44.5 Å². The number of carbonyl (C=O) groups excluding carboxylic acids is 1. The summed E-state index contributed by atoms with van der Waals surface area (Å²) in [6, 6.07) is 14.1. The van der Waals surface area contributed by atoms with Crippen LogP contribution in [0, 0.1) is 11.7 Å². The molecule has 7 heteroatoms. The molecule has 0 saturated carbocycles. The number of rotatable bonds is 6. The summed E-state index contributed by atoms with van der Waals surface area (Å²) < 4.78 is 25.0. The van der Waals surface area contributed by atoms with Gasteiger partial charge in [-0.2, -0.15) is 5.10 Å². The van der Waals surface area contributed by atoms with E-state index in [1.54, 1.807) is 6.07 Å². The van der Waals surface area contributed by atoms with Crippen LogP contribution in [-0.2, 0) is 16.1 Å². The molecular formula is C23H24FN3O3. The Morgan fingerprint density at radius 3 is 3.00 bits per heavy atom. The van der Waals surface area contributed by atoms with Crippen molar-refractivity contribution in [1.29, 1.82) is 0 Å². The smallest absolute Gasteiger partial charge is 0.275 e. The van der Waals surface area contributed by atoms with Gasteiger partial charge in [0.1, 0.15) is 11.4 Å². The first kappa shape index (κ1) is 19.2. The molecule has 5 rings (SSSR count). The third-order valence-corrected chi connectivity index (χ3v) is 6.03. The van der Waals surface area contributed by atoms with Crippen molar-refractivity contribution in [3.63, 3.8) is 0 Å². The zero-order valence-electron chi connectivity index (χ0n) is 16.6. The number of halogens is 1. The maximum absolute atomic E-state index is 13.2. The number of aromatic nitrogens is 2. The van der Waals surface area contributed by atoms with Gasteiger partial charge in [0.2, 0.25) is 0 Å². The molecule has 156 valence electrons. The summed E-state index contributed by atoms with van der Waals surface area (Å²) in [5.41, 5.74) is 1.95. The third-order valence-electron chi connectivity index (χ3n) is 6.03. The van der Waals surface area contributed by atoms with Gasteiger partial charge in [-0.1, -0.05) is 30.3 Å². The van der Waals surface area contributed by atoms with E-state index in [0.717, 1.165) is 29.3 Å². The number of carbonyl (C=O) groups is 1. The molecule has 30 heavy (non-hydrogen) atoms. The van der Waals surface area contributed by atoms with Crippen LogP contribution in [-0.4, -0.2) is 52.9 Å². The van der Waals surface area contributed by atoms with Gasteiger partial charge in [0.15, 0.2) is 5.69 Å². The summed E-state index contributed by atoms with van der Waals surface area (Å²) >= 11 is 0. The zero-order valence-corrected chi connectivity index (χ0v) is 16.6. The quantitative estimate of drug-likeness (QED) is 0.633. The fraction of sp³-hybridized carbons (Fsp3) is 0.391. The Morgan fingerprint density at radius 2 is 2.13 bits per heavy atom. The molecule has 2 fully saturated rings. The molecule has 3 heterocycles. The van der Waals surface area contributed by atoms with E-state index >= 15 is 0 Å². The molecule has 2 aromatic carbocycles. The first-order valence-electron chi connectivity index (χ1n) is 10.3. The molecular weight excluding hydrogens is 385 g/mol. The van der Waals surface area contributed by atoms with E-state index in [9.17, 15) is 9.18 Å². The summed E-state index contributed by atoms with van der Waals surface area (Å²) in [5, 5.41) is 7.98. The predicted molar refractivity (Wildman–Crippen MR) is 109 cm³/mol. The summed E-state index contributed by atoms with van der Waals surface area (Å²) in [6.07, 6.45) is 1.83. The molecule has 0 radical (unpaired) electrons. The Bertz CT molecular complexity index is 1060. The lowest BCUT2D eigenvalue weighted by Crippen LogP contribution is -2.63. The number of likely N-dealkylation sites (tertiary alicyclic amines) is 1. The highest BCUT2D eigenvalue weighted by Gasteiger charge is 2.51. The predicted octanol–water partition coefficient (Wildman–Crippen LogP) is 3.54. The number of hydrogen-bond donors (Lipinski definition) is 1. The molecule has 3 aromatic rings. The first-order chi connectivity index (χ1) is 14.6. The average Bonchev–Trinajstić information content (AvgIpc) is 3.34. The highest BCUT2D eigenvalue weighted by molar-refractivity contribution is 6.05. The highest BCUT2D eigenvalue weighted by atomic mass is 19.1. The van der Waals surface area contributed by atoms with Crippen molar-refractivity contribution in [2.24, 2.45) is 5.92 Å². The van der Waals surface area contributed by atoms with Crippen LogP contribution in [0.4, 0.5) is 4.39 Å². The number of fused-ring (bicyclic) bond motifs is 1. The molecule has 1 atom stereocenters. The number of para-hydroxylation sites is 1. The summed E-state index contributed by atoms with van der Waals surface area (Å²) in [5.74, 6) is 0.124. The summed E-state index contributed by atoms with van der Waals surface area (Å²) in [4.78, 5) is 14.6. The number of hydrogen-bond acceptors (Lipinski definition) is 4. The number of amides is 1.